The largest absolute Gasteiger partial charge is 0.379 e. The van der Waals surface area contributed by atoms with Crippen molar-refractivity contribution in [2.24, 2.45) is 5.11 Å². The van der Waals surface area contributed by atoms with Gasteiger partial charge in [0.25, 0.3) is 0 Å². The second-order valence-electron chi connectivity index (χ2n) is 15.6. The van der Waals surface area contributed by atoms with Crippen LogP contribution in [-0.4, -0.2) is 110 Å². The third kappa shape index (κ3) is 15.3. The van der Waals surface area contributed by atoms with Crippen molar-refractivity contribution < 1.29 is 33.2 Å². The van der Waals surface area contributed by atoms with Crippen molar-refractivity contribution in [1.82, 2.24) is 10.6 Å². The molecule has 0 aliphatic carbocycles. The standard InChI is InChI=1S/C55H63N5O7S/c56-60-58-32-34-63-36-38-65-40-42-67-44-43-66-41-39-64-37-35-62-33-31-57-53(61)52(59-54(46-19-7-1-8-20-46,47-21-9-2-10-22-47)48-23-11-3-12-24-48)45-68-55(49-25-13-4-14-26-49,50-27-15-5-16-28-50)51-29-17-6-18-30-51/h1-30,52,59H,31-45H2,(H,57,61)/t52-/m0/s1. The van der Waals surface area contributed by atoms with Crippen LogP contribution in [0, 0.1) is 0 Å². The molecule has 6 aromatic carbocycles. The molecule has 0 unspecified atom stereocenters. The molecule has 0 aliphatic rings. The molecule has 0 saturated carbocycles. The number of amides is 1. The highest BCUT2D eigenvalue weighted by molar-refractivity contribution is 8.00. The Morgan fingerprint density at radius 3 is 1.12 bits per heavy atom. The zero-order chi connectivity index (χ0) is 47.2. The Morgan fingerprint density at radius 2 is 0.779 bits per heavy atom. The summed E-state index contributed by atoms with van der Waals surface area (Å²) < 4.78 is 32.9. The van der Waals surface area contributed by atoms with Crippen LogP contribution in [0.5, 0.6) is 0 Å². The van der Waals surface area contributed by atoms with Gasteiger partial charge in [-0.25, -0.2) is 0 Å². The van der Waals surface area contributed by atoms with Gasteiger partial charge in [0.2, 0.25) is 5.91 Å². The molecule has 356 valence electrons. The maximum Gasteiger partial charge on any atom is 0.238 e. The SMILES string of the molecule is [N-]=[N+]=NCCOCCOCCOCCOCCOCCOCCNC(=O)[C@H](CSC(c1ccccc1)(c1ccccc1)c1ccccc1)NC(c1ccccc1)(c1ccccc1)c1ccccc1. The number of rotatable bonds is 33. The molecule has 0 aliphatic heterocycles. The first-order valence-corrected chi connectivity index (χ1v) is 24.2. The van der Waals surface area contributed by atoms with Crippen LogP contribution < -0.4 is 10.6 Å². The maximum atomic E-state index is 14.9. The minimum Gasteiger partial charge on any atom is -0.379 e. The van der Waals surface area contributed by atoms with E-state index in [-0.39, 0.29) is 5.91 Å². The van der Waals surface area contributed by atoms with Gasteiger partial charge in [-0.05, 0) is 38.9 Å². The molecule has 0 aromatic heterocycles. The van der Waals surface area contributed by atoms with E-state index in [2.05, 4.69) is 166 Å². The Kier molecular flexibility index (Phi) is 22.6. The zero-order valence-corrected chi connectivity index (χ0v) is 39.4. The maximum absolute atomic E-state index is 14.9. The van der Waals surface area contributed by atoms with E-state index < -0.39 is 16.3 Å². The number of ether oxygens (including phenoxy) is 6. The Labute approximate surface area is 405 Å². The van der Waals surface area contributed by atoms with Crippen LogP contribution in [0.25, 0.3) is 10.4 Å². The van der Waals surface area contributed by atoms with Crippen molar-refractivity contribution in [3.05, 3.63) is 226 Å². The zero-order valence-electron chi connectivity index (χ0n) is 38.6. The molecule has 12 nitrogen and oxygen atoms in total. The van der Waals surface area contributed by atoms with Crippen molar-refractivity contribution >= 4 is 17.7 Å². The number of carbonyl (C=O) groups excluding carboxylic acids is 1. The van der Waals surface area contributed by atoms with Crippen molar-refractivity contribution in [3.8, 4) is 0 Å². The van der Waals surface area contributed by atoms with E-state index >= 15 is 0 Å². The topological polar surface area (TPSA) is 145 Å². The molecule has 0 bridgehead atoms. The molecule has 0 radical (unpaired) electrons. The van der Waals surface area contributed by atoms with Gasteiger partial charge >= 0.3 is 0 Å². The van der Waals surface area contributed by atoms with E-state index in [4.69, 9.17) is 34.0 Å². The van der Waals surface area contributed by atoms with Crippen LogP contribution in [0.1, 0.15) is 33.4 Å². The first kappa shape index (κ1) is 51.6. The molecular formula is C55H63N5O7S. The van der Waals surface area contributed by atoms with Gasteiger partial charge in [0, 0.05) is 23.8 Å². The molecule has 2 N–H and O–H groups in total. The van der Waals surface area contributed by atoms with E-state index in [0.29, 0.717) is 98.1 Å². The van der Waals surface area contributed by atoms with Crippen LogP contribution in [0.3, 0.4) is 0 Å². The van der Waals surface area contributed by atoms with E-state index in [1.165, 1.54) is 0 Å². The third-order valence-corrected chi connectivity index (χ3v) is 12.8. The second kappa shape index (κ2) is 29.8. The molecule has 1 atom stereocenters. The fraction of sp³-hybridized carbons (Fsp3) is 0.327. The van der Waals surface area contributed by atoms with Gasteiger partial charge in [0.1, 0.15) is 0 Å². The first-order chi connectivity index (χ1) is 33.7. The van der Waals surface area contributed by atoms with Crippen LogP contribution >= 0.6 is 11.8 Å². The van der Waals surface area contributed by atoms with Gasteiger partial charge in [0.15, 0.2) is 0 Å². The van der Waals surface area contributed by atoms with Crippen LogP contribution in [-0.2, 0) is 43.5 Å². The molecule has 1 amide bonds. The van der Waals surface area contributed by atoms with Gasteiger partial charge in [-0.3, -0.25) is 10.1 Å². The highest BCUT2D eigenvalue weighted by Crippen LogP contribution is 2.49. The van der Waals surface area contributed by atoms with E-state index in [9.17, 15) is 4.79 Å². The average molecular weight is 938 g/mol. The average Bonchev–Trinajstić information content (AvgIpc) is 3.40. The predicted molar refractivity (Wildman–Crippen MR) is 270 cm³/mol. The lowest BCUT2D eigenvalue weighted by atomic mass is 9.76. The van der Waals surface area contributed by atoms with Crippen molar-refractivity contribution in [3.63, 3.8) is 0 Å². The quantitative estimate of drug-likeness (QED) is 0.0136. The smallest absolute Gasteiger partial charge is 0.238 e. The molecule has 68 heavy (non-hydrogen) atoms. The monoisotopic (exact) mass is 937 g/mol. The molecule has 13 heteroatoms. The van der Waals surface area contributed by atoms with Gasteiger partial charge in [-0.1, -0.05) is 187 Å². The number of hydrogen-bond donors (Lipinski definition) is 2. The molecule has 6 rings (SSSR count). The fourth-order valence-corrected chi connectivity index (χ4v) is 9.52. The summed E-state index contributed by atoms with van der Waals surface area (Å²) in [5.74, 6) is 0.279. The minimum absolute atomic E-state index is 0.133. The first-order valence-electron chi connectivity index (χ1n) is 23.2. The lowest BCUT2D eigenvalue weighted by Crippen LogP contribution is -2.56. The summed E-state index contributed by atoms with van der Waals surface area (Å²) in [5, 5.41) is 10.7. The predicted octanol–water partition coefficient (Wildman–Crippen LogP) is 9.19. The molecule has 0 spiro atoms. The number of benzene rings is 6. The minimum atomic E-state index is -0.895. The van der Waals surface area contributed by atoms with Gasteiger partial charge < -0.3 is 33.7 Å². The summed E-state index contributed by atoms with van der Waals surface area (Å²) in [5.41, 5.74) is 13.8. The number of hydrogen-bond acceptors (Lipinski definition) is 10. The lowest BCUT2D eigenvalue weighted by molar-refractivity contribution is -0.123. The Hall–Kier alpha value is -5.83. The second-order valence-corrected chi connectivity index (χ2v) is 16.8. The van der Waals surface area contributed by atoms with E-state index in [0.717, 1.165) is 33.4 Å². The number of nitrogens with one attached hydrogen (secondary N) is 2. The molecule has 0 saturated heterocycles. The number of carbonyl (C=O) groups is 1. The number of azide groups is 1. The van der Waals surface area contributed by atoms with E-state index in [1.54, 1.807) is 11.8 Å². The lowest BCUT2D eigenvalue weighted by Gasteiger charge is -2.41. The van der Waals surface area contributed by atoms with Crippen molar-refractivity contribution in [2.45, 2.75) is 16.3 Å². The summed E-state index contributed by atoms with van der Waals surface area (Å²) >= 11 is 1.75. The summed E-state index contributed by atoms with van der Waals surface area (Å²) in [6.07, 6.45) is 0. The summed E-state index contributed by atoms with van der Waals surface area (Å²) in [7, 11) is 0. The number of nitrogens with zero attached hydrogens (tertiary/aromatic N) is 3. The Balaban J connectivity index is 1.09. The fourth-order valence-electron chi connectivity index (χ4n) is 7.96. The molecule has 6 aromatic rings. The highest BCUT2D eigenvalue weighted by Gasteiger charge is 2.43. The van der Waals surface area contributed by atoms with Gasteiger partial charge in [-0.15, -0.1) is 11.8 Å². The van der Waals surface area contributed by atoms with E-state index in [1.807, 2.05) is 36.4 Å². The van der Waals surface area contributed by atoms with Crippen LogP contribution in [0.15, 0.2) is 187 Å². The summed E-state index contributed by atoms with van der Waals surface area (Å²) in [6.45, 7) is 5.67. The number of thioether (sulfide) groups is 1. The van der Waals surface area contributed by atoms with Gasteiger partial charge in [0.05, 0.1) is 95.6 Å². The van der Waals surface area contributed by atoms with Crippen LogP contribution in [0.2, 0.25) is 0 Å². The highest BCUT2D eigenvalue weighted by atomic mass is 32.2. The Morgan fingerprint density at radius 1 is 0.471 bits per heavy atom. The third-order valence-electron chi connectivity index (χ3n) is 11.1. The molecular weight excluding hydrogens is 875 g/mol. The molecule has 0 heterocycles. The van der Waals surface area contributed by atoms with Crippen molar-refractivity contribution in [1.29, 1.82) is 0 Å². The normalized spacial score (nSPS) is 12.0. The van der Waals surface area contributed by atoms with Crippen molar-refractivity contribution in [2.75, 3.05) is 98.1 Å². The van der Waals surface area contributed by atoms with Gasteiger partial charge in [-0.2, -0.15) is 0 Å². The Bertz CT molecular complexity index is 2120. The summed E-state index contributed by atoms with van der Waals surface area (Å²) in [4.78, 5) is 17.6. The van der Waals surface area contributed by atoms with Crippen LogP contribution in [0.4, 0.5) is 0 Å². The summed E-state index contributed by atoms with van der Waals surface area (Å²) in [6, 6.07) is 62.2. The molecule has 0 fully saturated rings.